The molecule has 2 bridgehead atoms. The molecular formula is C95H138N12O25. The number of nitrogens with one attached hydrogen (secondary N) is 2. The summed E-state index contributed by atoms with van der Waals surface area (Å²) in [7, 11) is 4.42. The molecule has 5 aliphatic rings. The van der Waals surface area contributed by atoms with E-state index in [1.165, 1.54) is 26.1 Å². The lowest BCUT2D eigenvalue weighted by Crippen LogP contribution is -2.61. The second-order valence-electron chi connectivity index (χ2n) is 34.7. The van der Waals surface area contributed by atoms with Crippen LogP contribution in [0.4, 0.5) is 16.6 Å². The number of hydrogen-bond acceptors (Lipinski definition) is 32. The minimum Gasteiger partial charge on any atom is -0.459 e. The average Bonchev–Trinajstić information content (AvgIpc) is 1.19. The van der Waals surface area contributed by atoms with Crippen LogP contribution < -0.4 is 27.8 Å². The second kappa shape index (κ2) is 53.6. The monoisotopic (exact) mass is 1850 g/mol. The molecule has 37 heteroatoms. The van der Waals surface area contributed by atoms with Gasteiger partial charge in [0.05, 0.1) is 142 Å². The lowest BCUT2D eigenvalue weighted by atomic mass is 9.80. The molecule has 2 saturated heterocycles. The number of aromatic nitrogens is 5. The Balaban J connectivity index is 0.536. The van der Waals surface area contributed by atoms with Crippen molar-refractivity contribution in [2.75, 3.05) is 165 Å². The van der Waals surface area contributed by atoms with Crippen molar-refractivity contribution in [3.05, 3.63) is 107 Å². The van der Waals surface area contributed by atoms with Gasteiger partial charge < -0.3 is 119 Å². The summed E-state index contributed by atoms with van der Waals surface area (Å²) in [5.74, 6) is -8.56. The highest BCUT2D eigenvalue weighted by Gasteiger charge is 2.53. The molecule has 1 aliphatic carbocycles. The summed E-state index contributed by atoms with van der Waals surface area (Å²) in [6.45, 7) is 17.6. The maximum atomic E-state index is 14.7. The van der Waals surface area contributed by atoms with E-state index in [1.807, 2.05) is 72.0 Å². The molecule has 728 valence electrons. The number of esters is 1. The molecular weight excluding hydrogens is 1710 g/mol. The first kappa shape index (κ1) is 105. The number of allylic oxidation sites excluding steroid dienone is 6. The molecule has 2 aromatic carbocycles. The van der Waals surface area contributed by atoms with Crippen LogP contribution in [0, 0.1) is 29.6 Å². The summed E-state index contributed by atoms with van der Waals surface area (Å²) in [5.41, 5.74) is 26.9. The van der Waals surface area contributed by atoms with Crippen molar-refractivity contribution in [2.45, 2.75) is 212 Å². The predicted octanol–water partition coefficient (Wildman–Crippen LogP) is 7.38. The molecule has 15 atom stereocenters. The molecule has 37 nitrogen and oxygen atoms in total. The van der Waals surface area contributed by atoms with Crippen molar-refractivity contribution in [2.24, 2.45) is 35.3 Å². The number of hydrogen-bond donors (Lipinski definition) is 7. The molecule has 0 unspecified atom stereocenters. The Morgan fingerprint density at radius 1 is 0.689 bits per heavy atom. The lowest BCUT2D eigenvalue weighted by Gasteiger charge is -2.42. The number of rotatable bonds is 40. The van der Waals surface area contributed by atoms with E-state index in [-0.39, 0.29) is 120 Å². The number of oxazole rings is 1. The van der Waals surface area contributed by atoms with E-state index in [9.17, 15) is 48.6 Å². The van der Waals surface area contributed by atoms with Gasteiger partial charge in [-0.05, 0) is 142 Å². The number of alkyl carbamates (subject to hydrolysis) is 1. The number of Topliss-reactive ketones (excluding diaryl/α,β-unsaturated/α-hetero) is 3. The lowest BCUT2D eigenvalue weighted by molar-refractivity contribution is -0.265. The summed E-state index contributed by atoms with van der Waals surface area (Å²) in [6, 6.07) is 9.66. The fourth-order valence-corrected chi connectivity index (χ4v) is 17.3. The molecule has 0 radical (unpaired) electrons. The van der Waals surface area contributed by atoms with E-state index in [4.69, 9.17) is 93.0 Å². The molecule has 132 heavy (non-hydrogen) atoms. The zero-order valence-electron chi connectivity index (χ0n) is 77.9. The minimum atomic E-state index is -2.51. The molecule has 10 N–H and O–H groups in total. The van der Waals surface area contributed by atoms with Crippen molar-refractivity contribution >= 4 is 81.1 Å². The summed E-state index contributed by atoms with van der Waals surface area (Å²) in [6.07, 6.45) is 10.6. The maximum Gasteiger partial charge on any atom is 0.407 e. The SMILES string of the molecule is CO[C@H]1C[C@@H]2CC[C@@H](C)[C@@](O)(O2)C(=O)C(=O)N2CCCC[C@H]2C(=O)O[C@H]([C@H](N)C[C@@H]2CC[C@@H](OC(=O)NCCOCCOCCOCCOCCC(=O)NCCOCCOCCOCCOCCC(=O)N3CCc4cc(Cn5nc(-c6ccc7oc(N)nc7c6)c6c(N)ncnc65)ccc4C3)[C@H](OC)C2)CC(=O)[C@H](C)/C=C(\C)[C@@H](O)[C@@H](OC)C(=O)[C@H](C)C[C@H](C)/C=C/C=C/C=C/1C. The molecule has 10 rings (SSSR count). The smallest absolute Gasteiger partial charge is 0.407 e. The second-order valence-corrected chi connectivity index (χ2v) is 34.7. The van der Waals surface area contributed by atoms with E-state index < -0.39 is 108 Å². The summed E-state index contributed by atoms with van der Waals surface area (Å²) in [5, 5.41) is 34.8. The topological polar surface area (TPSA) is 484 Å². The first-order chi connectivity index (χ1) is 63.7. The van der Waals surface area contributed by atoms with E-state index in [0.29, 0.717) is 189 Å². The first-order valence-corrected chi connectivity index (χ1v) is 46.3. The number of ether oxygens (including phenoxy) is 14. The van der Waals surface area contributed by atoms with E-state index in [1.54, 1.807) is 46.9 Å². The Labute approximate surface area is 771 Å². The number of aliphatic hydroxyl groups excluding tert-OH is 1. The maximum absolute atomic E-state index is 14.7. The van der Waals surface area contributed by atoms with E-state index in [2.05, 4.69) is 37.7 Å². The van der Waals surface area contributed by atoms with Crippen LogP contribution in [0.15, 0.2) is 94.7 Å². The van der Waals surface area contributed by atoms with Crippen LogP contribution in [0.25, 0.3) is 33.4 Å². The predicted molar refractivity (Wildman–Crippen MR) is 487 cm³/mol. The third-order valence-electron chi connectivity index (χ3n) is 24.9. The summed E-state index contributed by atoms with van der Waals surface area (Å²) < 4.78 is 87.8. The Kier molecular flexibility index (Phi) is 42.5. The normalized spacial score (nSPS) is 26.4. The number of benzene rings is 2. The highest BCUT2D eigenvalue weighted by molar-refractivity contribution is 6.39. The molecule has 5 aromatic rings. The van der Waals surface area contributed by atoms with Crippen molar-refractivity contribution in [3.8, 4) is 11.3 Å². The number of piperidine rings is 1. The fourth-order valence-electron chi connectivity index (χ4n) is 17.3. The summed E-state index contributed by atoms with van der Waals surface area (Å²) in [4.78, 5) is 127. The van der Waals surface area contributed by atoms with Crippen molar-refractivity contribution in [1.82, 2.24) is 45.2 Å². The zero-order valence-corrected chi connectivity index (χ0v) is 77.9. The number of nitrogens with zero attached hydrogens (tertiary/aromatic N) is 7. The van der Waals surface area contributed by atoms with Crippen LogP contribution in [-0.4, -0.2) is 306 Å². The van der Waals surface area contributed by atoms with Crippen molar-refractivity contribution in [1.29, 1.82) is 0 Å². The number of amides is 4. The number of nitrogens with two attached hydrogens (primary N) is 3. The van der Waals surface area contributed by atoms with Gasteiger partial charge in [-0.25, -0.2) is 24.2 Å². The van der Waals surface area contributed by atoms with Gasteiger partial charge in [-0.2, -0.15) is 10.1 Å². The number of carbonyl (C=O) groups excluding carboxylic acids is 8. The van der Waals surface area contributed by atoms with Gasteiger partial charge >= 0.3 is 12.1 Å². The molecule has 7 heterocycles. The number of carbonyl (C=O) groups is 8. The third-order valence-corrected chi connectivity index (χ3v) is 24.9. The van der Waals surface area contributed by atoms with Crippen molar-refractivity contribution < 1.29 is 119 Å². The zero-order chi connectivity index (χ0) is 94.6. The third kappa shape index (κ3) is 31.1. The highest BCUT2D eigenvalue weighted by atomic mass is 16.6. The number of cyclic esters (lactones) is 1. The van der Waals surface area contributed by atoms with Gasteiger partial charge in [-0.15, -0.1) is 0 Å². The van der Waals surface area contributed by atoms with Gasteiger partial charge in [0.25, 0.3) is 17.7 Å². The van der Waals surface area contributed by atoms with Crippen LogP contribution in [-0.2, 0) is 119 Å². The Morgan fingerprint density at radius 2 is 1.36 bits per heavy atom. The van der Waals surface area contributed by atoms with Crippen LogP contribution in [0.2, 0.25) is 0 Å². The first-order valence-electron chi connectivity index (χ1n) is 46.3. The van der Waals surface area contributed by atoms with Gasteiger partial charge in [0, 0.05) is 103 Å². The average molecular weight is 1850 g/mol. The molecule has 4 aliphatic heterocycles. The quantitative estimate of drug-likeness (QED) is 0.00870. The highest BCUT2D eigenvalue weighted by Crippen LogP contribution is 2.39. The van der Waals surface area contributed by atoms with Crippen LogP contribution in [0.5, 0.6) is 0 Å². The number of fused-ring (bicyclic) bond motifs is 6. The van der Waals surface area contributed by atoms with Crippen LogP contribution in [0.3, 0.4) is 0 Å². The van der Waals surface area contributed by atoms with E-state index in [0.717, 1.165) is 33.6 Å². The van der Waals surface area contributed by atoms with Gasteiger partial charge in [0.1, 0.15) is 59.6 Å². The minimum absolute atomic E-state index is 0.00392. The molecule has 3 fully saturated rings. The number of aliphatic hydroxyl groups is 2. The molecule has 1 saturated carbocycles. The Hall–Kier alpha value is -9.42. The number of anilines is 2. The standard InChI is InChI=1S/C95H138N12O25/c1-60-15-11-10-12-16-61(2)78(118-7)55-71-23-18-65(6)95(117,132-71)88(113)91(114)106-31-14-13-17-74(106)92(115)129-79(56-75(108)62(3)50-64(5)86(112)87(120-9)85(111)63(4)49-60)72(96)52-66-20-24-77(80(53-66)119-8)131-94(116)100-30-36-124-40-44-128-47-45-125-41-37-121-33-27-81(109)99-29-35-123-39-43-127-48-46-126-42-38-122-34-28-82(110)105-32-26-68-51-67(19-21-70(68)58-105)57-107-90-83(89(97)101-59-102-90)84(104-107)69-22-25-76-73(54-69)103-93(98)130-76/h10-12,15-16,19,21-22,25,50-51,54,59-60,62-63,65-66,71-72,74,77-80,86-87,112,117H,13-14,17-18,20,23-24,26-49,52-53,55-58,96H2,1-9H3,(H2,98,103)(H,99,109)(H,100,116)(H2,97,101,102)/b12-10+,15-11+,61-16+,64-50+/t60-,62-,63-,65-,66+,71+,72-,74+,77-,78+,79+,80-,86-,87+,95-/m1/s1. The van der Waals surface area contributed by atoms with E-state index >= 15 is 0 Å². The van der Waals surface area contributed by atoms with Gasteiger partial charge in [-0.1, -0.05) is 82.4 Å². The molecule has 3 aromatic heterocycles. The van der Waals surface area contributed by atoms with Gasteiger partial charge in [0.15, 0.2) is 17.0 Å². The number of nitrogen functional groups attached to an aromatic ring is 2. The van der Waals surface area contributed by atoms with Crippen molar-refractivity contribution in [3.63, 3.8) is 0 Å². The fraction of sp³-hybridized carbons (Fsp3) is 0.642. The number of methoxy groups -OCH3 is 3. The molecule has 0 spiro atoms. The summed E-state index contributed by atoms with van der Waals surface area (Å²) >= 11 is 0. The Bertz CT molecular complexity index is 4690. The van der Waals surface area contributed by atoms with Gasteiger partial charge in [0.2, 0.25) is 17.6 Å². The van der Waals surface area contributed by atoms with Crippen LogP contribution in [0.1, 0.15) is 148 Å². The Morgan fingerprint density at radius 3 is 2.05 bits per heavy atom. The largest absolute Gasteiger partial charge is 0.459 e. The van der Waals surface area contributed by atoms with Gasteiger partial charge in [-0.3, -0.25) is 28.8 Å². The molecule has 4 amide bonds. The number of ketones is 3. The van der Waals surface area contributed by atoms with Crippen LogP contribution >= 0.6 is 0 Å².